The first-order chi connectivity index (χ1) is 25.9. The van der Waals surface area contributed by atoms with Gasteiger partial charge in [0, 0.05) is 0 Å². The molecule has 0 aromatic heterocycles. The van der Waals surface area contributed by atoms with Crippen molar-refractivity contribution < 1.29 is 24.2 Å². The van der Waals surface area contributed by atoms with Gasteiger partial charge in [0.05, 0.1) is 0 Å². The van der Waals surface area contributed by atoms with E-state index in [0.29, 0.717) is 0 Å². The number of rotatable bonds is 2. The molecule has 0 unspecified atom stereocenters. The predicted molar refractivity (Wildman–Crippen MR) is 234 cm³/mol. The van der Waals surface area contributed by atoms with Gasteiger partial charge in [0.15, 0.2) is 0 Å². The van der Waals surface area contributed by atoms with Crippen LogP contribution in [0.3, 0.4) is 0 Å². The maximum absolute atomic E-state index is 4.00. The van der Waals surface area contributed by atoms with Gasteiger partial charge in [0.2, 0.25) is 0 Å². The van der Waals surface area contributed by atoms with E-state index in [0.717, 1.165) is 24.7 Å². The fourth-order valence-electron chi connectivity index (χ4n) is 7.82. The summed E-state index contributed by atoms with van der Waals surface area (Å²) < 4.78 is 3.34. The minimum atomic E-state index is 0.0380. The van der Waals surface area contributed by atoms with Crippen molar-refractivity contribution in [3.63, 3.8) is 0 Å². The van der Waals surface area contributed by atoms with Crippen molar-refractivity contribution in [2.75, 3.05) is 0 Å². The number of hydrogen-bond donors (Lipinski definition) is 0. The van der Waals surface area contributed by atoms with Crippen LogP contribution in [0.15, 0.2) is 97.1 Å². The normalized spacial score (nSPS) is 16.2. The fourth-order valence-corrected chi connectivity index (χ4v) is 7.82. The molecule has 4 aromatic carbocycles. The van der Waals surface area contributed by atoms with E-state index >= 15 is 0 Å². The van der Waals surface area contributed by atoms with E-state index in [1.807, 2.05) is 12.2 Å². The molecule has 0 radical (unpaired) electrons. The third kappa shape index (κ3) is 12.8. The van der Waals surface area contributed by atoms with Crippen LogP contribution < -0.4 is 0 Å². The Kier molecular flexibility index (Phi) is 17.4. The zero-order valence-corrected chi connectivity index (χ0v) is 37.0. The summed E-state index contributed by atoms with van der Waals surface area (Å²) in [6, 6.07) is 32.8. The monoisotopic (exact) mass is 792 g/mol. The van der Waals surface area contributed by atoms with Gasteiger partial charge in [0.25, 0.3) is 0 Å². The first-order valence-electron chi connectivity index (χ1n) is 20.5. The number of hydrogen-bond acceptors (Lipinski definition) is 0. The van der Waals surface area contributed by atoms with Crippen molar-refractivity contribution in [2.24, 2.45) is 11.8 Å². The second-order valence-corrected chi connectivity index (χ2v) is 17.4. The Morgan fingerprint density at radius 2 is 1.11 bits per heavy atom. The van der Waals surface area contributed by atoms with Crippen LogP contribution in [0, 0.1) is 37.8 Å². The Balaban J connectivity index is 0.000000249. The number of fused-ring (bicyclic) bond motifs is 3. The molecule has 0 aliphatic heterocycles. The average Bonchev–Trinajstić information content (AvgIpc) is 3.88. The summed E-state index contributed by atoms with van der Waals surface area (Å²) in [5, 5.41) is 0. The third-order valence-electron chi connectivity index (χ3n) is 10.9. The molecule has 2 saturated carbocycles. The Hall–Kier alpha value is -2.89. The van der Waals surface area contributed by atoms with Crippen LogP contribution in [0.25, 0.3) is 33.4 Å². The first-order valence-corrected chi connectivity index (χ1v) is 22.3. The summed E-state index contributed by atoms with van der Waals surface area (Å²) in [6.07, 6.45) is 25.0. The second-order valence-electron chi connectivity index (χ2n) is 17.4. The summed E-state index contributed by atoms with van der Waals surface area (Å²) in [5.74, 6) is 1.57. The summed E-state index contributed by atoms with van der Waals surface area (Å²) in [4.78, 5) is 0. The summed E-state index contributed by atoms with van der Waals surface area (Å²) in [5.41, 5.74) is 13.5. The van der Waals surface area contributed by atoms with Gasteiger partial charge in [-0.15, -0.1) is 35.2 Å². The minimum absolute atomic E-state index is 0.0380. The Labute approximate surface area is 346 Å². The van der Waals surface area contributed by atoms with E-state index in [4.69, 9.17) is 0 Å². The Morgan fingerprint density at radius 1 is 0.611 bits per heavy atom. The van der Waals surface area contributed by atoms with Crippen molar-refractivity contribution in [1.82, 2.24) is 0 Å². The van der Waals surface area contributed by atoms with Gasteiger partial charge >= 0.3 is 28.4 Å². The standard InChI is InChI=1S/C33H33.2C7H13.C5H5.CH2.Zr/c1-32(2,3)30-20-26-24(18-28(30)22-13-9-7-10-14-22)17-25-19-29(23-15-11-8-12-16-23)31(21-27(25)26)33(4,5)6;2*1-7-5-3-2-4-6-7;1-2-4-5-3-1;;/h7-16,18,20-21H,17H2,1-6H3;2*7H,1-6H2;1-3H,4H2;1H2;/q4*-1;;. The average molecular weight is 794 g/mol. The molecule has 8 rings (SSSR count). The molecule has 0 heterocycles. The summed E-state index contributed by atoms with van der Waals surface area (Å²) in [6.45, 7) is 21.9. The molecule has 0 spiro atoms. The van der Waals surface area contributed by atoms with Crippen LogP contribution in [0.2, 0.25) is 0 Å². The maximum atomic E-state index is 4.00. The van der Waals surface area contributed by atoms with E-state index in [9.17, 15) is 0 Å². The topological polar surface area (TPSA) is 0 Å². The molecule has 4 aliphatic carbocycles. The van der Waals surface area contributed by atoms with Gasteiger partial charge in [0.1, 0.15) is 0 Å². The number of allylic oxidation sites excluding steroid dienone is 4. The van der Waals surface area contributed by atoms with E-state index < -0.39 is 0 Å². The molecule has 4 aliphatic rings. The zero-order chi connectivity index (χ0) is 39.1. The van der Waals surface area contributed by atoms with E-state index in [1.54, 1.807) is 0 Å². The van der Waals surface area contributed by atoms with Gasteiger partial charge in [-0.1, -0.05) is 195 Å². The van der Waals surface area contributed by atoms with Crippen LogP contribution in [-0.2, 0) is 41.5 Å². The van der Waals surface area contributed by atoms with Crippen molar-refractivity contribution in [3.8, 4) is 33.4 Å². The molecule has 4 aromatic rings. The molecular formula is C53H66Zr-4. The molecule has 0 atom stereocenters. The third-order valence-corrected chi connectivity index (χ3v) is 10.9. The Morgan fingerprint density at radius 3 is 1.52 bits per heavy atom. The molecule has 0 nitrogen and oxygen atoms in total. The van der Waals surface area contributed by atoms with Crippen molar-refractivity contribution >= 4 is 4.21 Å². The first kappa shape index (κ1) is 43.8. The molecule has 54 heavy (non-hydrogen) atoms. The molecule has 0 bridgehead atoms. The van der Waals surface area contributed by atoms with Gasteiger partial charge < -0.3 is 13.8 Å². The summed E-state index contributed by atoms with van der Waals surface area (Å²) in [7, 11) is 0. The van der Waals surface area contributed by atoms with E-state index in [2.05, 4.69) is 157 Å². The molecule has 0 N–H and O–H groups in total. The SMILES string of the molecule is CC(C)(C)c1cc2c([c-]c1-c1ccccc1)Cc1cc(-c3ccccc3)c(C(C)(C)C)cc1-2.[C-]1=CC=CC1.[CH2-]C1CCCCC1.[CH2-]C1CCCCC1.[CH2]=[Zr]. The van der Waals surface area contributed by atoms with Crippen LogP contribution >= 0.6 is 0 Å². The molecule has 286 valence electrons. The van der Waals surface area contributed by atoms with Crippen molar-refractivity contribution in [2.45, 2.75) is 129 Å². The van der Waals surface area contributed by atoms with Gasteiger partial charge in [-0.3, -0.25) is 6.08 Å². The molecule has 1 heteroatoms. The molecule has 0 amide bonds. The molecule has 2 fully saturated rings. The van der Waals surface area contributed by atoms with Gasteiger partial charge in [-0.2, -0.15) is 17.9 Å². The molecular weight excluding hydrogens is 728 g/mol. The van der Waals surface area contributed by atoms with Gasteiger partial charge in [-0.25, -0.2) is 12.2 Å². The second kappa shape index (κ2) is 21.4. The predicted octanol–water partition coefficient (Wildman–Crippen LogP) is 15.1. The molecule has 0 saturated heterocycles. The van der Waals surface area contributed by atoms with Gasteiger partial charge in [-0.05, 0) is 39.5 Å². The van der Waals surface area contributed by atoms with Crippen LogP contribution in [0.4, 0.5) is 0 Å². The zero-order valence-electron chi connectivity index (χ0n) is 34.5. The fraction of sp³-hybridized carbons (Fsp3) is 0.415. The van der Waals surface area contributed by atoms with Crippen molar-refractivity contribution in [1.29, 1.82) is 0 Å². The quantitative estimate of drug-likeness (QED) is 0.156. The summed E-state index contributed by atoms with van der Waals surface area (Å²) >= 11 is 1.30. The number of benzene rings is 4. The van der Waals surface area contributed by atoms with Crippen molar-refractivity contribution in [3.05, 3.63) is 145 Å². The van der Waals surface area contributed by atoms with E-state index in [-0.39, 0.29) is 10.8 Å². The van der Waals surface area contributed by atoms with Crippen LogP contribution in [0.1, 0.15) is 134 Å². The van der Waals surface area contributed by atoms with E-state index in [1.165, 1.54) is 144 Å². The van der Waals surface area contributed by atoms with Crippen LogP contribution in [0.5, 0.6) is 0 Å². The van der Waals surface area contributed by atoms with Crippen LogP contribution in [-0.4, -0.2) is 4.21 Å². The Bertz CT molecular complexity index is 1630.